The van der Waals surface area contributed by atoms with Gasteiger partial charge in [-0.05, 0) is 0 Å². The predicted octanol–water partition coefficient (Wildman–Crippen LogP) is -0.761. The molecule has 2 aliphatic rings. The number of hydrogen-bond donors (Lipinski definition) is 0. The summed E-state index contributed by atoms with van der Waals surface area (Å²) < 4.78 is 6.08. The van der Waals surface area contributed by atoms with E-state index < -0.39 is 21.3 Å². The largest absolute Gasteiger partial charge is 1.00 e. The summed E-state index contributed by atoms with van der Waals surface area (Å²) in [6.07, 6.45) is 11.8. The van der Waals surface area contributed by atoms with Gasteiger partial charge < -0.3 is 24.8 Å². The van der Waals surface area contributed by atoms with Gasteiger partial charge in [-0.2, -0.15) is 0 Å². The zero-order valence-electron chi connectivity index (χ0n) is 13.9. The second kappa shape index (κ2) is 9.12. The summed E-state index contributed by atoms with van der Waals surface area (Å²) in [5.41, 5.74) is 5.80. The average molecular weight is 425 g/mol. The van der Waals surface area contributed by atoms with Crippen LogP contribution in [0.4, 0.5) is 0 Å². The Balaban J connectivity index is 0.00000132. The van der Waals surface area contributed by atoms with Crippen LogP contribution in [0.1, 0.15) is 37.8 Å². The average Bonchev–Trinajstić information content (AvgIpc) is 3.09. The number of aryl methyl sites for hydroxylation is 1. The Hall–Kier alpha value is -0.487. The molecule has 0 aromatic heterocycles. The second-order valence-corrected chi connectivity index (χ2v) is 12.0. The van der Waals surface area contributed by atoms with Crippen LogP contribution in [-0.4, -0.2) is 3.71 Å². The minimum absolute atomic E-state index is 0. The zero-order chi connectivity index (χ0) is 14.8. The molecule has 0 aliphatic heterocycles. The molecule has 0 saturated heterocycles. The van der Waals surface area contributed by atoms with E-state index in [4.69, 9.17) is 0 Å². The normalized spacial score (nSPS) is 16.0. The molecule has 1 aromatic carbocycles. The molecule has 0 spiro atoms. The number of benzene rings is 1. The van der Waals surface area contributed by atoms with Crippen molar-refractivity contribution in [1.82, 2.24) is 0 Å². The molecule has 0 heterocycles. The van der Waals surface area contributed by atoms with Crippen molar-refractivity contribution in [3.8, 4) is 0 Å². The molecule has 0 bridgehead atoms. The van der Waals surface area contributed by atoms with Crippen LogP contribution >= 0.6 is 0 Å². The third kappa shape index (κ3) is 4.99. The molecule has 0 atom stereocenters. The van der Waals surface area contributed by atoms with Gasteiger partial charge >= 0.3 is 136 Å². The van der Waals surface area contributed by atoms with Gasteiger partial charge in [0.2, 0.25) is 0 Å². The molecule has 1 aromatic rings. The summed E-state index contributed by atoms with van der Waals surface area (Å²) in [6, 6.07) is 9.01. The Morgan fingerprint density at radius 1 is 0.957 bits per heavy atom. The molecule has 2 aliphatic carbocycles. The molecule has 23 heavy (non-hydrogen) atoms. The van der Waals surface area contributed by atoms with E-state index in [-0.39, 0.29) is 24.8 Å². The van der Waals surface area contributed by atoms with Crippen LogP contribution in [0.3, 0.4) is 0 Å². The molecular formula is C20H22Cl2Zr. The van der Waals surface area contributed by atoms with Crippen molar-refractivity contribution in [3.05, 3.63) is 77.4 Å². The summed E-state index contributed by atoms with van der Waals surface area (Å²) in [4.78, 5) is 0. The van der Waals surface area contributed by atoms with Crippen molar-refractivity contribution in [1.29, 1.82) is 0 Å². The summed E-state index contributed by atoms with van der Waals surface area (Å²) in [6.45, 7) is 6.70. The smallest absolute Gasteiger partial charge is 1.00 e. The molecule has 0 nitrogen and oxygen atoms in total. The van der Waals surface area contributed by atoms with Gasteiger partial charge in [-0.15, -0.1) is 0 Å². The summed E-state index contributed by atoms with van der Waals surface area (Å²) in [7, 11) is 0. The van der Waals surface area contributed by atoms with E-state index in [0.717, 1.165) is 0 Å². The molecule has 0 fully saturated rings. The first-order valence-corrected chi connectivity index (χ1v) is 11.5. The van der Waals surface area contributed by atoms with Crippen molar-refractivity contribution in [3.63, 3.8) is 0 Å². The molecule has 3 rings (SSSR count). The maximum absolute atomic E-state index is 2.62. The standard InChI is InChI=1S/C8H8.C7H9.C5H5.2ClH.Zr/c1-7-3-5-8(2)6-4-7;1-6-4-3-5-7(6)2;1-2-4-5-3-1;;;/h1,3-6H,2H3;4H,5H2,1-2H3;1-3H,4H2;2*1H;/q;;;;;+2/p-2. The second-order valence-electron chi connectivity index (χ2n) is 6.10. The molecule has 0 unspecified atom stereocenters. The summed E-state index contributed by atoms with van der Waals surface area (Å²) in [5, 5.41) is 0. The van der Waals surface area contributed by atoms with Gasteiger partial charge in [0.1, 0.15) is 0 Å². The zero-order valence-corrected chi connectivity index (χ0v) is 17.8. The quantitative estimate of drug-likeness (QED) is 0.599. The van der Waals surface area contributed by atoms with E-state index in [1.54, 1.807) is 12.1 Å². The molecular weight excluding hydrogens is 402 g/mol. The fraction of sp³-hybridized carbons (Fsp3) is 0.250. The van der Waals surface area contributed by atoms with Gasteiger partial charge in [-0.3, -0.25) is 0 Å². The van der Waals surface area contributed by atoms with E-state index >= 15 is 0 Å². The van der Waals surface area contributed by atoms with Crippen LogP contribution in [0.15, 0.2) is 66.3 Å². The molecule has 0 radical (unpaired) electrons. The third-order valence-electron chi connectivity index (χ3n) is 4.37. The van der Waals surface area contributed by atoms with E-state index in [2.05, 4.69) is 73.0 Å². The molecule has 3 heteroatoms. The first-order valence-electron chi connectivity index (χ1n) is 7.65. The Bertz CT molecular complexity index is 717. The fourth-order valence-electron chi connectivity index (χ4n) is 2.90. The third-order valence-corrected chi connectivity index (χ3v) is 11.0. The molecule has 0 amide bonds. The monoisotopic (exact) mass is 422 g/mol. The molecule has 0 saturated carbocycles. The van der Waals surface area contributed by atoms with Crippen molar-refractivity contribution in [2.45, 2.75) is 33.6 Å². The SMILES string of the molecule is CC1=C(C)C[C](/[Zr+2](=[CH]/c2ccc(C)cc2)[C]2=CC=CC2)=C1.[Cl-].[Cl-]. The van der Waals surface area contributed by atoms with Gasteiger partial charge in [0.25, 0.3) is 0 Å². The Labute approximate surface area is 160 Å². The first kappa shape index (κ1) is 20.6. The van der Waals surface area contributed by atoms with Gasteiger partial charge in [-0.1, -0.05) is 0 Å². The van der Waals surface area contributed by atoms with Crippen molar-refractivity contribution < 1.29 is 46.1 Å². The molecule has 120 valence electrons. The van der Waals surface area contributed by atoms with Crippen molar-refractivity contribution in [2.24, 2.45) is 0 Å². The van der Waals surface area contributed by atoms with E-state index in [0.29, 0.717) is 0 Å². The van der Waals surface area contributed by atoms with Crippen LogP contribution < -0.4 is 24.8 Å². The number of allylic oxidation sites excluding steroid dienone is 8. The fourth-order valence-corrected chi connectivity index (χ4v) is 9.66. The summed E-state index contributed by atoms with van der Waals surface area (Å²) >= 11 is -1.83. The van der Waals surface area contributed by atoms with E-state index in [9.17, 15) is 0 Å². The van der Waals surface area contributed by atoms with Gasteiger partial charge in [0.15, 0.2) is 0 Å². The molecule has 0 N–H and O–H groups in total. The van der Waals surface area contributed by atoms with Gasteiger partial charge in [0, 0.05) is 0 Å². The van der Waals surface area contributed by atoms with Crippen molar-refractivity contribution in [2.75, 3.05) is 0 Å². The maximum Gasteiger partial charge on any atom is -1.00 e. The van der Waals surface area contributed by atoms with Crippen molar-refractivity contribution >= 4 is 3.71 Å². The topological polar surface area (TPSA) is 0 Å². The number of rotatable bonds is 3. The van der Waals surface area contributed by atoms with Crippen LogP contribution in [0.25, 0.3) is 0 Å². The Morgan fingerprint density at radius 3 is 2.17 bits per heavy atom. The number of halogens is 2. The minimum atomic E-state index is -1.83. The van der Waals surface area contributed by atoms with E-state index in [1.807, 2.05) is 0 Å². The minimum Gasteiger partial charge on any atom is -1.00 e. The van der Waals surface area contributed by atoms with Crippen LogP contribution in [0.2, 0.25) is 0 Å². The van der Waals surface area contributed by atoms with Crippen LogP contribution in [0.5, 0.6) is 0 Å². The van der Waals surface area contributed by atoms with Gasteiger partial charge in [-0.25, -0.2) is 0 Å². The van der Waals surface area contributed by atoms with E-state index in [1.165, 1.54) is 29.5 Å². The maximum atomic E-state index is 2.62. The Morgan fingerprint density at radius 2 is 1.65 bits per heavy atom. The number of hydrogen-bond acceptors (Lipinski definition) is 0. The van der Waals surface area contributed by atoms with Gasteiger partial charge in [0.05, 0.1) is 0 Å². The Kier molecular flexibility index (Phi) is 8.15. The predicted molar refractivity (Wildman–Crippen MR) is 89.3 cm³/mol. The van der Waals surface area contributed by atoms with Crippen LogP contribution in [-0.2, 0) is 21.3 Å². The summed E-state index contributed by atoms with van der Waals surface area (Å²) in [5.74, 6) is 0. The first-order chi connectivity index (χ1) is 10.1. The van der Waals surface area contributed by atoms with Crippen LogP contribution in [0, 0.1) is 6.92 Å².